The number of anilines is 1. The SMILES string of the molecule is CC1CCC(Cl)CN1c1ncncc1Cl. The van der Waals surface area contributed by atoms with Crippen molar-refractivity contribution in [1.29, 1.82) is 0 Å². The second-order valence-corrected chi connectivity index (χ2v) is 4.89. The third kappa shape index (κ3) is 2.34. The third-order valence-corrected chi connectivity index (χ3v) is 3.37. The van der Waals surface area contributed by atoms with Crippen LogP contribution in [0.4, 0.5) is 5.82 Å². The molecule has 2 rings (SSSR count). The van der Waals surface area contributed by atoms with E-state index in [0.29, 0.717) is 11.1 Å². The van der Waals surface area contributed by atoms with Gasteiger partial charge in [-0.25, -0.2) is 9.97 Å². The first-order valence-electron chi connectivity index (χ1n) is 5.04. The maximum absolute atomic E-state index is 6.15. The molecule has 1 saturated heterocycles. The Morgan fingerprint density at radius 3 is 3.00 bits per heavy atom. The first kappa shape index (κ1) is 11.0. The number of rotatable bonds is 1. The zero-order valence-electron chi connectivity index (χ0n) is 8.53. The molecule has 2 unspecified atom stereocenters. The van der Waals surface area contributed by atoms with Gasteiger partial charge in [0.05, 0.1) is 11.6 Å². The zero-order chi connectivity index (χ0) is 10.8. The summed E-state index contributed by atoms with van der Waals surface area (Å²) in [4.78, 5) is 10.3. The van der Waals surface area contributed by atoms with Gasteiger partial charge in [-0.2, -0.15) is 0 Å². The highest BCUT2D eigenvalue weighted by atomic mass is 35.5. The van der Waals surface area contributed by atoms with Crippen LogP contribution in [-0.2, 0) is 0 Å². The van der Waals surface area contributed by atoms with Crippen molar-refractivity contribution in [3.8, 4) is 0 Å². The van der Waals surface area contributed by atoms with Crippen LogP contribution in [0.15, 0.2) is 12.5 Å². The molecule has 2 atom stereocenters. The molecule has 15 heavy (non-hydrogen) atoms. The second-order valence-electron chi connectivity index (χ2n) is 3.87. The molecule has 0 aliphatic carbocycles. The molecule has 1 fully saturated rings. The topological polar surface area (TPSA) is 29.0 Å². The number of halogens is 2. The molecule has 0 saturated carbocycles. The van der Waals surface area contributed by atoms with Crippen LogP contribution >= 0.6 is 23.2 Å². The van der Waals surface area contributed by atoms with Crippen molar-refractivity contribution in [3.63, 3.8) is 0 Å². The van der Waals surface area contributed by atoms with Gasteiger partial charge in [0.15, 0.2) is 5.82 Å². The summed E-state index contributed by atoms with van der Waals surface area (Å²) in [7, 11) is 0. The fourth-order valence-corrected chi connectivity index (χ4v) is 2.36. The van der Waals surface area contributed by atoms with Crippen molar-refractivity contribution in [1.82, 2.24) is 9.97 Å². The van der Waals surface area contributed by atoms with Crippen LogP contribution in [0.25, 0.3) is 0 Å². The summed E-state index contributed by atoms with van der Waals surface area (Å²) in [6.07, 6.45) is 5.27. The van der Waals surface area contributed by atoms with Crippen LogP contribution in [0.5, 0.6) is 0 Å². The van der Waals surface area contributed by atoms with Gasteiger partial charge < -0.3 is 4.90 Å². The number of alkyl halides is 1. The molecule has 1 aliphatic rings. The summed E-state index contributed by atoms with van der Waals surface area (Å²) in [5.41, 5.74) is 0. The molecule has 5 heteroatoms. The highest BCUT2D eigenvalue weighted by Crippen LogP contribution is 2.29. The van der Waals surface area contributed by atoms with Crippen LogP contribution < -0.4 is 4.90 Å². The highest BCUT2D eigenvalue weighted by Gasteiger charge is 2.26. The molecule has 0 N–H and O–H groups in total. The van der Waals surface area contributed by atoms with Gasteiger partial charge in [-0.1, -0.05) is 11.6 Å². The summed E-state index contributed by atoms with van der Waals surface area (Å²) >= 11 is 12.2. The number of hydrogen-bond acceptors (Lipinski definition) is 3. The van der Waals surface area contributed by atoms with Gasteiger partial charge >= 0.3 is 0 Å². The molecule has 1 aromatic heterocycles. The predicted molar refractivity (Wildman–Crippen MR) is 62.7 cm³/mol. The lowest BCUT2D eigenvalue weighted by atomic mass is 10.0. The minimum absolute atomic E-state index is 0.187. The van der Waals surface area contributed by atoms with Gasteiger partial charge in [0, 0.05) is 12.6 Å². The van der Waals surface area contributed by atoms with Gasteiger partial charge in [0.2, 0.25) is 0 Å². The van der Waals surface area contributed by atoms with Crippen molar-refractivity contribution in [2.75, 3.05) is 11.4 Å². The highest BCUT2D eigenvalue weighted by molar-refractivity contribution is 6.32. The number of hydrogen-bond donors (Lipinski definition) is 0. The summed E-state index contributed by atoms with van der Waals surface area (Å²) in [5, 5.41) is 0.780. The molecule has 0 amide bonds. The van der Waals surface area contributed by atoms with E-state index in [4.69, 9.17) is 23.2 Å². The molecular formula is C10H13Cl2N3. The van der Waals surface area contributed by atoms with E-state index in [1.54, 1.807) is 6.20 Å². The van der Waals surface area contributed by atoms with Gasteiger partial charge in [-0.3, -0.25) is 0 Å². The van der Waals surface area contributed by atoms with E-state index in [9.17, 15) is 0 Å². The molecular weight excluding hydrogens is 233 g/mol. The predicted octanol–water partition coefficient (Wildman–Crippen LogP) is 2.73. The number of piperidine rings is 1. The molecule has 3 nitrogen and oxygen atoms in total. The molecule has 1 aliphatic heterocycles. The van der Waals surface area contributed by atoms with Crippen LogP contribution in [0.2, 0.25) is 5.02 Å². The molecule has 0 aromatic carbocycles. The quantitative estimate of drug-likeness (QED) is 0.713. The average Bonchev–Trinajstić information content (AvgIpc) is 2.23. The van der Waals surface area contributed by atoms with Crippen LogP contribution in [0.1, 0.15) is 19.8 Å². The van der Waals surface area contributed by atoms with Crippen molar-refractivity contribution in [3.05, 3.63) is 17.5 Å². The monoisotopic (exact) mass is 245 g/mol. The van der Waals surface area contributed by atoms with E-state index in [0.717, 1.165) is 25.2 Å². The Hall–Kier alpha value is -0.540. The van der Waals surface area contributed by atoms with Crippen molar-refractivity contribution < 1.29 is 0 Å². The minimum atomic E-state index is 0.187. The Balaban J connectivity index is 2.25. The Kier molecular flexibility index (Phi) is 3.32. The lowest BCUT2D eigenvalue weighted by Gasteiger charge is -2.36. The smallest absolute Gasteiger partial charge is 0.151 e. The lowest BCUT2D eigenvalue weighted by Crippen LogP contribution is -2.43. The number of nitrogens with zero attached hydrogens (tertiary/aromatic N) is 3. The normalized spacial score (nSPS) is 26.7. The zero-order valence-corrected chi connectivity index (χ0v) is 10.0. The summed E-state index contributed by atoms with van der Waals surface area (Å²) in [6.45, 7) is 2.97. The molecule has 2 heterocycles. The van der Waals surface area contributed by atoms with Gasteiger partial charge in [-0.05, 0) is 19.8 Å². The van der Waals surface area contributed by atoms with E-state index in [1.807, 2.05) is 0 Å². The molecule has 0 spiro atoms. The van der Waals surface area contributed by atoms with Crippen LogP contribution in [0, 0.1) is 0 Å². The van der Waals surface area contributed by atoms with E-state index < -0.39 is 0 Å². The first-order valence-corrected chi connectivity index (χ1v) is 5.86. The molecule has 0 bridgehead atoms. The van der Waals surface area contributed by atoms with E-state index in [-0.39, 0.29) is 5.38 Å². The summed E-state index contributed by atoms with van der Waals surface area (Å²) < 4.78 is 0. The Morgan fingerprint density at radius 2 is 2.27 bits per heavy atom. The third-order valence-electron chi connectivity index (χ3n) is 2.74. The largest absolute Gasteiger partial charge is 0.351 e. The number of aromatic nitrogens is 2. The minimum Gasteiger partial charge on any atom is -0.351 e. The van der Waals surface area contributed by atoms with Crippen molar-refractivity contribution >= 4 is 29.0 Å². The summed E-state index contributed by atoms with van der Waals surface area (Å²) in [6, 6.07) is 0.437. The van der Waals surface area contributed by atoms with Gasteiger partial charge in [0.25, 0.3) is 0 Å². The van der Waals surface area contributed by atoms with E-state index in [1.165, 1.54) is 6.33 Å². The van der Waals surface area contributed by atoms with Crippen molar-refractivity contribution in [2.24, 2.45) is 0 Å². The maximum Gasteiger partial charge on any atom is 0.151 e. The second kappa shape index (κ2) is 4.54. The molecule has 1 aromatic rings. The first-order chi connectivity index (χ1) is 7.18. The van der Waals surface area contributed by atoms with Gasteiger partial charge in [0.1, 0.15) is 11.3 Å². The van der Waals surface area contributed by atoms with Crippen molar-refractivity contribution in [2.45, 2.75) is 31.2 Å². The fourth-order valence-electron chi connectivity index (χ4n) is 1.88. The van der Waals surface area contributed by atoms with Crippen LogP contribution in [-0.4, -0.2) is 27.9 Å². The average molecular weight is 246 g/mol. The Morgan fingerprint density at radius 1 is 1.47 bits per heavy atom. The fraction of sp³-hybridized carbons (Fsp3) is 0.600. The maximum atomic E-state index is 6.15. The van der Waals surface area contributed by atoms with E-state index in [2.05, 4.69) is 21.8 Å². The van der Waals surface area contributed by atoms with Gasteiger partial charge in [-0.15, -0.1) is 11.6 Å². The van der Waals surface area contributed by atoms with Crippen LogP contribution in [0.3, 0.4) is 0 Å². The Labute approximate surface area is 99.4 Å². The molecule has 0 radical (unpaired) electrons. The van der Waals surface area contributed by atoms with E-state index >= 15 is 0 Å². The standard InChI is InChI=1S/C10H13Cl2N3/c1-7-2-3-8(11)5-15(7)10-9(12)4-13-6-14-10/h4,6-8H,2-3,5H2,1H3. The lowest BCUT2D eigenvalue weighted by molar-refractivity contribution is 0.486. The Bertz CT molecular complexity index is 345. The molecule has 82 valence electrons. The summed E-state index contributed by atoms with van der Waals surface area (Å²) in [5.74, 6) is 0.796.